The van der Waals surface area contributed by atoms with Crippen LogP contribution in [0.3, 0.4) is 0 Å². The van der Waals surface area contributed by atoms with Crippen molar-refractivity contribution in [3.63, 3.8) is 0 Å². The van der Waals surface area contributed by atoms with Crippen molar-refractivity contribution in [1.82, 2.24) is 10.2 Å². The number of nitrogens with one attached hydrogen (secondary N) is 1. The molecule has 1 aliphatic rings. The predicted molar refractivity (Wildman–Crippen MR) is 92.3 cm³/mol. The maximum absolute atomic E-state index is 12.8. The Morgan fingerprint density at radius 2 is 2.00 bits per heavy atom. The van der Waals surface area contributed by atoms with Crippen LogP contribution in [-0.2, 0) is 11.0 Å². The highest BCUT2D eigenvalue weighted by Crippen LogP contribution is 2.32. The number of alkyl halides is 3. The monoisotopic (exact) mass is 356 g/mol. The molecule has 0 radical (unpaired) electrons. The van der Waals surface area contributed by atoms with E-state index in [0.717, 1.165) is 51.2 Å². The van der Waals surface area contributed by atoms with Gasteiger partial charge in [0.2, 0.25) is 5.91 Å². The fourth-order valence-electron chi connectivity index (χ4n) is 3.27. The molecule has 1 saturated heterocycles. The minimum absolute atomic E-state index is 0.0341. The number of nitrogens with zero attached hydrogens (tertiary/aromatic N) is 1. The molecule has 1 unspecified atom stereocenters. The summed E-state index contributed by atoms with van der Waals surface area (Å²) in [6, 6.07) is 5.29. The number of likely N-dealkylation sites (tertiary alicyclic amines) is 1. The zero-order valence-electron chi connectivity index (χ0n) is 14.9. The van der Waals surface area contributed by atoms with E-state index in [1.54, 1.807) is 6.07 Å². The van der Waals surface area contributed by atoms with Gasteiger partial charge in [0.15, 0.2) is 0 Å². The van der Waals surface area contributed by atoms with Crippen LogP contribution in [0, 0.1) is 5.92 Å². The second kappa shape index (κ2) is 8.70. The molecule has 1 amide bonds. The Bertz CT molecular complexity index is 566. The molecule has 0 aromatic heterocycles. The number of hydrogen-bond acceptors (Lipinski definition) is 2. The van der Waals surface area contributed by atoms with E-state index in [4.69, 9.17) is 0 Å². The first kappa shape index (κ1) is 19.8. The number of hydrogen-bond donors (Lipinski definition) is 1. The molecule has 0 aliphatic carbocycles. The van der Waals surface area contributed by atoms with Gasteiger partial charge in [0.05, 0.1) is 5.56 Å². The molecule has 1 N–H and O–H groups in total. The largest absolute Gasteiger partial charge is 0.416 e. The summed E-state index contributed by atoms with van der Waals surface area (Å²) in [4.78, 5) is 14.3. The maximum Gasteiger partial charge on any atom is 0.416 e. The van der Waals surface area contributed by atoms with Gasteiger partial charge in [-0.15, -0.1) is 0 Å². The summed E-state index contributed by atoms with van der Waals surface area (Å²) in [7, 11) is 0. The van der Waals surface area contributed by atoms with Gasteiger partial charge in [-0.2, -0.15) is 13.2 Å². The molecule has 3 nitrogen and oxygen atoms in total. The molecule has 1 aromatic carbocycles. The quantitative estimate of drug-likeness (QED) is 0.834. The Kier molecular flexibility index (Phi) is 6.87. The van der Waals surface area contributed by atoms with Crippen molar-refractivity contribution in [2.24, 2.45) is 5.92 Å². The van der Waals surface area contributed by atoms with E-state index in [0.29, 0.717) is 11.5 Å². The van der Waals surface area contributed by atoms with Crippen molar-refractivity contribution < 1.29 is 18.0 Å². The normalized spacial score (nSPS) is 17.6. The van der Waals surface area contributed by atoms with Crippen molar-refractivity contribution >= 4 is 5.91 Å². The topological polar surface area (TPSA) is 32.3 Å². The van der Waals surface area contributed by atoms with Gasteiger partial charge in [0.25, 0.3) is 0 Å². The molecule has 0 bridgehead atoms. The number of halogens is 3. The van der Waals surface area contributed by atoms with E-state index in [1.807, 2.05) is 11.8 Å². The average molecular weight is 356 g/mol. The summed E-state index contributed by atoms with van der Waals surface area (Å²) < 4.78 is 38.5. The molecule has 1 aromatic rings. The third-order valence-corrected chi connectivity index (χ3v) is 4.91. The van der Waals surface area contributed by atoms with Gasteiger partial charge >= 0.3 is 6.18 Å². The predicted octanol–water partition coefficient (Wildman–Crippen LogP) is 4.05. The van der Waals surface area contributed by atoms with Crippen molar-refractivity contribution in [3.05, 3.63) is 35.4 Å². The first-order valence-electron chi connectivity index (χ1n) is 8.97. The van der Waals surface area contributed by atoms with Crippen molar-refractivity contribution in [1.29, 1.82) is 0 Å². The Hall–Kier alpha value is -1.56. The van der Waals surface area contributed by atoms with Gasteiger partial charge in [0.1, 0.15) is 0 Å². The van der Waals surface area contributed by atoms with Crippen LogP contribution in [-0.4, -0.2) is 37.0 Å². The number of benzene rings is 1. The van der Waals surface area contributed by atoms with Crippen LogP contribution in [0.1, 0.15) is 50.2 Å². The summed E-state index contributed by atoms with van der Waals surface area (Å²) in [5, 5.41) is 3.34. The highest BCUT2D eigenvalue weighted by molar-refractivity contribution is 5.77. The second-order valence-corrected chi connectivity index (χ2v) is 6.86. The SMILES string of the molecule is CCNCC1CCN(C(=O)CC(C)c2cccc(C(F)(F)F)c2)CC1. The number of rotatable bonds is 6. The lowest BCUT2D eigenvalue weighted by Gasteiger charge is -2.33. The van der Waals surface area contributed by atoms with E-state index in [1.165, 1.54) is 6.07 Å². The van der Waals surface area contributed by atoms with Crippen LogP contribution in [0.4, 0.5) is 13.2 Å². The molecule has 25 heavy (non-hydrogen) atoms. The highest BCUT2D eigenvalue weighted by Gasteiger charge is 2.31. The van der Waals surface area contributed by atoms with Crippen molar-refractivity contribution in [3.8, 4) is 0 Å². The fraction of sp³-hybridized carbons (Fsp3) is 0.632. The summed E-state index contributed by atoms with van der Waals surface area (Å²) in [5.41, 5.74) is -0.0984. The smallest absolute Gasteiger partial charge is 0.343 e. The third-order valence-electron chi connectivity index (χ3n) is 4.91. The highest BCUT2D eigenvalue weighted by atomic mass is 19.4. The minimum Gasteiger partial charge on any atom is -0.343 e. The molecule has 1 heterocycles. The average Bonchev–Trinajstić information content (AvgIpc) is 2.59. The lowest BCUT2D eigenvalue weighted by atomic mass is 9.93. The maximum atomic E-state index is 12.8. The van der Waals surface area contributed by atoms with Gasteiger partial charge < -0.3 is 10.2 Å². The van der Waals surface area contributed by atoms with E-state index in [9.17, 15) is 18.0 Å². The van der Waals surface area contributed by atoms with Crippen LogP contribution in [0.25, 0.3) is 0 Å². The number of piperidine rings is 1. The second-order valence-electron chi connectivity index (χ2n) is 6.86. The number of amides is 1. The van der Waals surface area contributed by atoms with Gasteiger partial charge in [-0.05, 0) is 49.4 Å². The molecule has 1 aliphatic heterocycles. The van der Waals surface area contributed by atoms with Crippen molar-refractivity contribution in [2.45, 2.75) is 45.2 Å². The lowest BCUT2D eigenvalue weighted by molar-refractivity contribution is -0.137. The van der Waals surface area contributed by atoms with Gasteiger partial charge in [-0.3, -0.25) is 4.79 Å². The number of carbonyl (C=O) groups excluding carboxylic acids is 1. The Morgan fingerprint density at radius 3 is 2.60 bits per heavy atom. The summed E-state index contributed by atoms with van der Waals surface area (Å²) in [6.07, 6.45) is -2.14. The Balaban J connectivity index is 1.88. The molecule has 0 spiro atoms. The van der Waals surface area contributed by atoms with Gasteiger partial charge in [0, 0.05) is 19.5 Å². The van der Waals surface area contributed by atoms with Gasteiger partial charge in [-0.25, -0.2) is 0 Å². The van der Waals surface area contributed by atoms with E-state index < -0.39 is 11.7 Å². The molecular formula is C19H27F3N2O. The van der Waals surface area contributed by atoms with Crippen LogP contribution in [0.2, 0.25) is 0 Å². The van der Waals surface area contributed by atoms with Crippen LogP contribution in [0.5, 0.6) is 0 Å². The molecule has 140 valence electrons. The van der Waals surface area contributed by atoms with Crippen molar-refractivity contribution in [2.75, 3.05) is 26.2 Å². The molecular weight excluding hydrogens is 329 g/mol. The molecule has 1 atom stereocenters. The molecule has 1 fully saturated rings. The zero-order chi connectivity index (χ0) is 18.4. The summed E-state index contributed by atoms with van der Waals surface area (Å²) >= 11 is 0. The Morgan fingerprint density at radius 1 is 1.32 bits per heavy atom. The fourth-order valence-corrected chi connectivity index (χ4v) is 3.27. The minimum atomic E-state index is -4.35. The van der Waals surface area contributed by atoms with Crippen LogP contribution in [0.15, 0.2) is 24.3 Å². The summed E-state index contributed by atoms with van der Waals surface area (Å²) in [5.74, 6) is 0.408. The standard InChI is InChI=1S/C19H27F3N2O/c1-3-23-13-15-7-9-24(10-8-15)18(25)11-14(2)16-5-4-6-17(12-16)19(20,21)22/h4-6,12,14-15,23H,3,7-11,13H2,1-2H3. The molecule has 6 heteroatoms. The van der Waals surface area contributed by atoms with Crippen LogP contribution >= 0.6 is 0 Å². The van der Waals surface area contributed by atoms with E-state index >= 15 is 0 Å². The lowest BCUT2D eigenvalue weighted by Crippen LogP contribution is -2.41. The summed E-state index contributed by atoms with van der Waals surface area (Å²) in [6.45, 7) is 7.31. The third kappa shape index (κ3) is 5.73. The number of carbonyl (C=O) groups is 1. The molecule has 2 rings (SSSR count). The Labute approximate surface area is 147 Å². The zero-order valence-corrected chi connectivity index (χ0v) is 14.9. The van der Waals surface area contributed by atoms with Crippen LogP contribution < -0.4 is 5.32 Å². The first-order valence-corrected chi connectivity index (χ1v) is 8.97. The molecule has 0 saturated carbocycles. The van der Waals surface area contributed by atoms with E-state index in [-0.39, 0.29) is 18.2 Å². The van der Waals surface area contributed by atoms with E-state index in [2.05, 4.69) is 12.2 Å². The van der Waals surface area contributed by atoms with Gasteiger partial charge in [-0.1, -0.05) is 32.0 Å². The first-order chi connectivity index (χ1) is 11.8.